The summed E-state index contributed by atoms with van der Waals surface area (Å²) in [5.74, 6) is 0. The first-order chi connectivity index (χ1) is 11.7. The fourth-order valence-electron chi connectivity index (χ4n) is 1.39. The second-order valence-electron chi connectivity index (χ2n) is 4.48. The van der Waals surface area contributed by atoms with Crippen LogP contribution in [-0.2, 0) is 27.7 Å². The molecule has 0 atom stereocenters. The minimum Gasteiger partial charge on any atom is 1.00 e. The molecule has 0 unspecified atom stereocenters. The maximum absolute atomic E-state index is 10.7. The number of alkyl halides is 2. The molecule has 0 radical (unpaired) electrons. The maximum Gasteiger partial charge on any atom is 1.00 e. The van der Waals surface area contributed by atoms with Gasteiger partial charge in [-0.25, -0.2) is 0 Å². The molecule has 0 bridgehead atoms. The smallest absolute Gasteiger partial charge is 1.00 e. The van der Waals surface area contributed by atoms with Crippen LogP contribution in [0.25, 0.3) is 11.4 Å². The molecule has 156 valence electrons. The Hall–Kier alpha value is -0.721. The van der Waals surface area contributed by atoms with Gasteiger partial charge in [0.15, 0.2) is 0 Å². The average molecular weight is 592 g/mol. The molecule has 0 aliphatic carbocycles. The summed E-state index contributed by atoms with van der Waals surface area (Å²) in [6.07, 6.45) is 0. The Morgan fingerprint density at radius 3 is 1.33 bits per heavy atom. The molecule has 0 spiro atoms. The first-order valence-corrected chi connectivity index (χ1v) is 10.9. The number of hydrogen-bond acceptors (Lipinski definition) is 3. The monoisotopic (exact) mass is 589 g/mol. The predicted molar refractivity (Wildman–Crippen MR) is 97.6 cm³/mol. The van der Waals surface area contributed by atoms with E-state index in [1.165, 1.54) is 6.92 Å². The minimum absolute atomic E-state index is 0. The molecule has 2 rings (SSSR count). The van der Waals surface area contributed by atoms with Crippen LogP contribution in [0, 0.1) is 11.3 Å². The molecule has 0 saturated heterocycles. The summed E-state index contributed by atoms with van der Waals surface area (Å²) in [4.78, 5) is 9.02. The second-order valence-corrected chi connectivity index (χ2v) is 7.52. The second kappa shape index (κ2) is 10.7. The number of hydrogen-bond donors (Lipinski definition) is 0. The number of aromatic nitrogens is 2. The molecule has 2 heterocycles. The molecule has 0 fully saturated rings. The normalized spacial score (nSPS) is 12.4. The van der Waals surface area contributed by atoms with Crippen molar-refractivity contribution in [3.63, 3.8) is 0 Å². The van der Waals surface area contributed by atoms with Crippen molar-refractivity contribution < 1.29 is 42.3 Å². The van der Waals surface area contributed by atoms with Crippen LogP contribution < -0.4 is 0 Å². The Bertz CT molecular complexity index is 712. The topological polar surface area (TPSA) is 49.6 Å². The Labute approximate surface area is 179 Å². The van der Waals surface area contributed by atoms with E-state index in [0.717, 1.165) is 33.4 Å². The van der Waals surface area contributed by atoms with Gasteiger partial charge in [0, 0.05) is 17.6 Å². The molecule has 0 aliphatic heterocycles. The summed E-state index contributed by atoms with van der Waals surface area (Å²) < 4.78 is 59.2. The molecule has 13 heteroatoms. The number of nitrogens with zero attached hydrogens (tertiary/aromatic N) is 3. The van der Waals surface area contributed by atoms with Gasteiger partial charge in [-0.15, -0.1) is 0 Å². The van der Waals surface area contributed by atoms with Crippen molar-refractivity contribution in [1.82, 2.24) is 9.97 Å². The number of pyridine rings is 2. The molecule has 2 aromatic heterocycles. The Balaban J connectivity index is 0. The van der Waals surface area contributed by atoms with E-state index in [1.54, 1.807) is 6.07 Å². The fraction of sp³-hybridized carbons (Fsp3) is 0.214. The van der Waals surface area contributed by atoms with Crippen molar-refractivity contribution >= 4 is 39.7 Å². The third-order valence-electron chi connectivity index (χ3n) is 2.15. The molecule has 27 heavy (non-hydrogen) atoms. The van der Waals surface area contributed by atoms with Crippen molar-refractivity contribution in [3.8, 4) is 17.5 Å². The van der Waals surface area contributed by atoms with Gasteiger partial charge in [-0.3, -0.25) is 9.97 Å². The molecule has 0 saturated carbocycles. The van der Waals surface area contributed by atoms with Gasteiger partial charge in [-0.1, -0.05) is 44.0 Å². The third-order valence-corrected chi connectivity index (χ3v) is 3.30. The molecule has 3 nitrogen and oxygen atoms in total. The summed E-state index contributed by atoms with van der Waals surface area (Å²) in [6.45, 7) is 1.43. The van der Waals surface area contributed by atoms with Gasteiger partial charge >= 0.3 is 50.1 Å². The van der Waals surface area contributed by atoms with Gasteiger partial charge in [0.25, 0.3) is 0 Å². The van der Waals surface area contributed by atoms with Crippen LogP contribution in [0.5, 0.6) is 0 Å². The van der Waals surface area contributed by atoms with Crippen LogP contribution in [0.15, 0.2) is 36.4 Å². The standard InChI is InChI=1S/C12H10Br2N2.C2H3N.Cu.F6P/c13-7-9-3-1-5-11(15-9)12-6-2-4-10(8-14)16-12;1-2-3;;1-7(2,3,4,5)6/h1-6H,7-8H2;1H3;;/q;;+1;-1. The molecule has 0 N–H and O–H groups in total. The zero-order valence-corrected chi connectivity index (χ0v) is 18.5. The summed E-state index contributed by atoms with van der Waals surface area (Å²) in [7, 11) is -10.7. The molecule has 0 aliphatic rings. The van der Waals surface area contributed by atoms with Gasteiger partial charge in [0.1, 0.15) is 0 Å². The van der Waals surface area contributed by atoms with Crippen LogP contribution in [-0.4, -0.2) is 9.97 Å². The summed E-state index contributed by atoms with van der Waals surface area (Å²) in [5.41, 5.74) is 3.87. The van der Waals surface area contributed by atoms with E-state index in [9.17, 15) is 25.2 Å². The van der Waals surface area contributed by atoms with Gasteiger partial charge in [0.2, 0.25) is 0 Å². The van der Waals surface area contributed by atoms with E-state index in [1.807, 2.05) is 36.4 Å². The van der Waals surface area contributed by atoms with E-state index in [0.29, 0.717) is 0 Å². The summed E-state index contributed by atoms with van der Waals surface area (Å²) in [5, 5.41) is 8.85. The largest absolute Gasteiger partial charge is 1.00 e. The Morgan fingerprint density at radius 1 is 0.852 bits per heavy atom. The molecule has 0 aromatic carbocycles. The zero-order valence-electron chi connectivity index (χ0n) is 13.5. The molecule has 0 amide bonds. The van der Waals surface area contributed by atoms with Crippen molar-refractivity contribution in [2.45, 2.75) is 17.6 Å². The van der Waals surface area contributed by atoms with E-state index in [-0.39, 0.29) is 17.1 Å². The fourth-order valence-corrected chi connectivity index (χ4v) is 2.02. The van der Waals surface area contributed by atoms with Crippen LogP contribution in [0.2, 0.25) is 0 Å². The van der Waals surface area contributed by atoms with E-state index < -0.39 is 7.81 Å². The van der Waals surface area contributed by atoms with E-state index in [2.05, 4.69) is 41.8 Å². The van der Waals surface area contributed by atoms with Crippen molar-refractivity contribution in [2.75, 3.05) is 0 Å². The van der Waals surface area contributed by atoms with Gasteiger partial charge in [-0.2, -0.15) is 5.26 Å². The van der Waals surface area contributed by atoms with Crippen LogP contribution in [0.3, 0.4) is 0 Å². The van der Waals surface area contributed by atoms with Gasteiger partial charge in [-0.05, 0) is 24.3 Å². The van der Waals surface area contributed by atoms with Gasteiger partial charge in [0.05, 0.1) is 28.8 Å². The van der Waals surface area contributed by atoms with Gasteiger partial charge < -0.3 is 0 Å². The first-order valence-electron chi connectivity index (χ1n) is 6.61. The minimum atomic E-state index is -10.7. The van der Waals surface area contributed by atoms with Crippen molar-refractivity contribution in [3.05, 3.63) is 47.8 Å². The quantitative estimate of drug-likeness (QED) is 0.158. The average Bonchev–Trinajstić information content (AvgIpc) is 2.53. The van der Waals surface area contributed by atoms with E-state index in [4.69, 9.17) is 5.26 Å². The molecular weight excluding hydrogens is 578 g/mol. The van der Waals surface area contributed by atoms with Crippen LogP contribution >= 0.6 is 39.7 Å². The molecule has 2 aromatic rings. The predicted octanol–water partition coefficient (Wildman–Crippen LogP) is 7.84. The van der Waals surface area contributed by atoms with Crippen molar-refractivity contribution in [1.29, 1.82) is 5.26 Å². The summed E-state index contributed by atoms with van der Waals surface area (Å²) >= 11 is 6.80. The SMILES string of the molecule is BrCc1cccc(-c2cccc(CBr)n2)n1.CC#N.F[P-](F)(F)(F)(F)F.[Cu+]. The number of rotatable bonds is 3. The first kappa shape index (κ1) is 28.5. The maximum atomic E-state index is 9.87. The number of halogens is 8. The Morgan fingerprint density at radius 2 is 1.11 bits per heavy atom. The molecular formula is C14H13Br2CuF6N3P. The van der Waals surface area contributed by atoms with E-state index >= 15 is 0 Å². The Kier molecular flexibility index (Phi) is 11.3. The van der Waals surface area contributed by atoms with Crippen molar-refractivity contribution in [2.24, 2.45) is 0 Å². The van der Waals surface area contributed by atoms with Crippen LogP contribution in [0.1, 0.15) is 18.3 Å². The number of nitriles is 1. The third kappa shape index (κ3) is 18.4. The summed E-state index contributed by atoms with van der Waals surface area (Å²) in [6, 6.07) is 13.7. The zero-order chi connectivity index (χ0) is 20.5. The van der Waals surface area contributed by atoms with Crippen LogP contribution in [0.4, 0.5) is 25.2 Å².